The molecule has 0 aliphatic carbocycles. The Morgan fingerprint density at radius 2 is 2.10 bits per heavy atom. The van der Waals surface area contributed by atoms with Crippen molar-refractivity contribution in [1.29, 1.82) is 0 Å². The van der Waals surface area contributed by atoms with E-state index in [2.05, 4.69) is 11.9 Å². The van der Waals surface area contributed by atoms with Crippen LogP contribution in [0.2, 0.25) is 0 Å². The van der Waals surface area contributed by atoms with Crippen LogP contribution in [0.4, 0.5) is 0 Å². The van der Waals surface area contributed by atoms with Gasteiger partial charge in [-0.2, -0.15) is 0 Å². The predicted octanol–water partition coefficient (Wildman–Crippen LogP) is -1.01. The summed E-state index contributed by atoms with van der Waals surface area (Å²) in [4.78, 5) is 20.0. The molecule has 4 nitrogen and oxygen atoms in total. The molecule has 0 bridgehead atoms. The van der Waals surface area contributed by atoms with Crippen LogP contribution in [0.25, 0.3) is 0 Å². The molecular weight excluding hydrogens is 162 g/mol. The van der Waals surface area contributed by atoms with Gasteiger partial charge in [-0.15, -0.1) is 0 Å². The second kappa shape index (κ2) is 7.05. The molecule has 5 heteroatoms. The first-order chi connectivity index (χ1) is 4.16. The van der Waals surface area contributed by atoms with E-state index >= 15 is 0 Å². The van der Waals surface area contributed by atoms with Crippen molar-refractivity contribution in [1.82, 2.24) is 5.32 Å². The van der Waals surface area contributed by atoms with E-state index in [1.54, 1.807) is 0 Å². The van der Waals surface area contributed by atoms with Gasteiger partial charge in [0.25, 0.3) is 0 Å². The van der Waals surface area contributed by atoms with Crippen LogP contribution in [0.3, 0.4) is 0 Å². The monoisotopic (exact) mass is 169 g/mol. The van der Waals surface area contributed by atoms with Crippen LogP contribution in [-0.4, -0.2) is 61.3 Å². The number of aliphatic carboxylic acids is 1. The molecule has 2 radical (unpaired) electrons. The number of carbonyl (C=O) groups excluding carboxylic acids is 1. The molecule has 0 fully saturated rings. The average molecular weight is 169 g/mol. The molecule has 1 amide bonds. The smallest absolute Gasteiger partial charge is 0.322 e. The summed E-state index contributed by atoms with van der Waals surface area (Å²) in [6.07, 6.45) is 1.02. The Bertz CT molecular complexity index is 146. The van der Waals surface area contributed by atoms with Crippen molar-refractivity contribution in [3.8, 4) is 0 Å². The third-order valence-electron chi connectivity index (χ3n) is 0.599. The zero-order valence-corrected chi connectivity index (χ0v) is 7.67. The van der Waals surface area contributed by atoms with Crippen molar-refractivity contribution in [2.24, 2.45) is 0 Å². The molecule has 0 saturated heterocycles. The number of carboxylic acids is 1. The van der Waals surface area contributed by atoms with Gasteiger partial charge < -0.3 is 10.4 Å². The van der Waals surface area contributed by atoms with Gasteiger partial charge in [-0.3, -0.25) is 9.59 Å². The quantitative estimate of drug-likeness (QED) is 0.420. The number of nitrogens with one attached hydrogen (secondary N) is 1. The average Bonchev–Trinajstić information content (AvgIpc) is 1.83. The van der Waals surface area contributed by atoms with E-state index in [9.17, 15) is 9.59 Å². The summed E-state index contributed by atoms with van der Waals surface area (Å²) in [6.45, 7) is 2.78. The number of carbonyl (C=O) groups is 2. The second-order valence-electron chi connectivity index (χ2n) is 1.32. The topological polar surface area (TPSA) is 66.4 Å². The summed E-state index contributed by atoms with van der Waals surface area (Å²) < 4.78 is 0. The van der Waals surface area contributed by atoms with E-state index in [4.69, 9.17) is 5.11 Å². The van der Waals surface area contributed by atoms with E-state index in [0.29, 0.717) is 0 Å². The maximum Gasteiger partial charge on any atom is 0.322 e. The molecule has 0 aliphatic heterocycles. The number of carboxylic acid groups (broad SMARTS) is 1. The summed E-state index contributed by atoms with van der Waals surface area (Å²) in [6, 6.07) is 0. The molecule has 0 heterocycles. The van der Waals surface area contributed by atoms with Gasteiger partial charge in [0.1, 0.15) is 6.54 Å². The largest absolute Gasteiger partial charge is 0.480 e. The van der Waals surface area contributed by atoms with Gasteiger partial charge in [-0.25, -0.2) is 0 Å². The Morgan fingerprint density at radius 3 is 2.40 bits per heavy atom. The normalized spacial score (nSPS) is 7.20. The van der Waals surface area contributed by atoms with Gasteiger partial charge in [0, 0.05) is 37.7 Å². The molecule has 10 heavy (non-hydrogen) atoms. The van der Waals surface area contributed by atoms with Crippen LogP contribution in [0, 0.1) is 0 Å². The maximum absolute atomic E-state index is 10.2. The number of rotatable bonds is 3. The van der Waals surface area contributed by atoms with Crippen LogP contribution in [0.15, 0.2) is 12.7 Å². The van der Waals surface area contributed by atoms with Crippen LogP contribution < -0.4 is 5.32 Å². The van der Waals surface area contributed by atoms with Crippen molar-refractivity contribution in [2.45, 2.75) is 0 Å². The molecule has 2 N–H and O–H groups in total. The van der Waals surface area contributed by atoms with Crippen molar-refractivity contribution < 1.29 is 14.7 Å². The molecular formula is C5H7CaNO3. The summed E-state index contributed by atoms with van der Waals surface area (Å²) in [5.74, 6) is -1.54. The van der Waals surface area contributed by atoms with E-state index in [1.165, 1.54) is 0 Å². The molecule has 52 valence electrons. The van der Waals surface area contributed by atoms with Crippen LogP contribution in [0.1, 0.15) is 0 Å². The minimum Gasteiger partial charge on any atom is -0.480 e. The molecule has 0 spiro atoms. The number of amides is 1. The second-order valence-corrected chi connectivity index (χ2v) is 1.32. The van der Waals surface area contributed by atoms with Gasteiger partial charge in [0.15, 0.2) is 0 Å². The molecule has 0 aliphatic rings. The molecule has 0 aromatic carbocycles. The Morgan fingerprint density at radius 1 is 1.60 bits per heavy atom. The summed E-state index contributed by atoms with van der Waals surface area (Å²) >= 11 is 0. The van der Waals surface area contributed by atoms with Gasteiger partial charge in [-0.05, 0) is 6.08 Å². The van der Waals surface area contributed by atoms with Crippen LogP contribution in [-0.2, 0) is 9.59 Å². The summed E-state index contributed by atoms with van der Waals surface area (Å²) in [7, 11) is 0. The first-order valence-corrected chi connectivity index (χ1v) is 2.29. The fourth-order valence-electron chi connectivity index (χ4n) is 0.235. The predicted molar refractivity (Wildman–Crippen MR) is 36.6 cm³/mol. The number of hydrogen-bond donors (Lipinski definition) is 2. The van der Waals surface area contributed by atoms with E-state index < -0.39 is 11.9 Å². The first kappa shape index (κ1) is 12.6. The van der Waals surface area contributed by atoms with E-state index in [0.717, 1.165) is 6.08 Å². The van der Waals surface area contributed by atoms with Gasteiger partial charge in [-0.1, -0.05) is 6.58 Å². The Balaban J connectivity index is 0. The van der Waals surface area contributed by atoms with Crippen molar-refractivity contribution >= 4 is 49.6 Å². The molecule has 0 saturated carbocycles. The standard InChI is InChI=1S/C5H7NO3.Ca/c1-2-4(7)6-3-5(8)9;/h2H,1,3H2,(H,6,7)(H,8,9);. The fraction of sp³-hybridized carbons (Fsp3) is 0.200. The molecule has 0 rings (SSSR count). The van der Waals surface area contributed by atoms with E-state index in [-0.39, 0.29) is 44.3 Å². The van der Waals surface area contributed by atoms with Crippen LogP contribution >= 0.6 is 0 Å². The van der Waals surface area contributed by atoms with Gasteiger partial charge in [0.2, 0.25) is 5.91 Å². The van der Waals surface area contributed by atoms with Crippen molar-refractivity contribution in [3.05, 3.63) is 12.7 Å². The Labute approximate surface area is 88.3 Å². The van der Waals surface area contributed by atoms with Crippen molar-refractivity contribution in [2.75, 3.05) is 6.54 Å². The minimum absolute atomic E-state index is 0. The zero-order valence-electron chi connectivity index (χ0n) is 5.46. The Kier molecular flexibility index (Phi) is 8.89. The first-order valence-electron chi connectivity index (χ1n) is 2.29. The third-order valence-corrected chi connectivity index (χ3v) is 0.599. The zero-order chi connectivity index (χ0) is 7.28. The summed E-state index contributed by atoms with van der Waals surface area (Å²) in [5, 5.41) is 10.1. The molecule has 0 atom stereocenters. The maximum atomic E-state index is 10.2. The minimum atomic E-state index is -1.06. The molecule has 0 aromatic heterocycles. The summed E-state index contributed by atoms with van der Waals surface area (Å²) in [5.41, 5.74) is 0. The SMILES string of the molecule is C=CC(=O)NCC(=O)O.[Ca]. The van der Waals surface area contributed by atoms with Crippen molar-refractivity contribution in [3.63, 3.8) is 0 Å². The van der Waals surface area contributed by atoms with Gasteiger partial charge in [0.05, 0.1) is 0 Å². The van der Waals surface area contributed by atoms with Crippen LogP contribution in [0.5, 0.6) is 0 Å². The molecule has 0 unspecified atom stereocenters. The van der Waals surface area contributed by atoms with Gasteiger partial charge >= 0.3 is 5.97 Å². The Hall–Kier alpha value is -0.0603. The number of hydrogen-bond acceptors (Lipinski definition) is 2. The third kappa shape index (κ3) is 7.94. The fourth-order valence-corrected chi connectivity index (χ4v) is 0.235. The van der Waals surface area contributed by atoms with E-state index in [1.807, 2.05) is 0 Å². The molecule has 0 aromatic rings.